The van der Waals surface area contributed by atoms with Crippen LogP contribution >= 0.6 is 11.5 Å². The minimum absolute atomic E-state index is 0.190. The molecule has 1 aliphatic rings. The van der Waals surface area contributed by atoms with Crippen LogP contribution in [-0.4, -0.2) is 46.1 Å². The SMILES string of the molecule is CCOC(=O)[C@]1(Cc2ccccc2F)CCCN(C(=O)c2snnc2C)C1. The number of nitrogens with zero attached hydrogens (tertiary/aromatic N) is 3. The number of rotatable bonds is 5. The largest absolute Gasteiger partial charge is 0.466 e. The molecule has 0 N–H and O–H groups in total. The van der Waals surface area contributed by atoms with Crippen LogP contribution in [0.15, 0.2) is 24.3 Å². The highest BCUT2D eigenvalue weighted by molar-refractivity contribution is 7.07. The lowest BCUT2D eigenvalue weighted by Crippen LogP contribution is -2.51. The molecule has 1 aliphatic heterocycles. The minimum Gasteiger partial charge on any atom is -0.466 e. The van der Waals surface area contributed by atoms with E-state index in [0.717, 1.165) is 11.5 Å². The number of ether oxygens (including phenoxy) is 1. The van der Waals surface area contributed by atoms with Crippen LogP contribution in [0.25, 0.3) is 0 Å². The first-order valence-corrected chi connectivity index (χ1v) is 9.73. The molecule has 1 fully saturated rings. The summed E-state index contributed by atoms with van der Waals surface area (Å²) in [6.07, 6.45) is 1.39. The Morgan fingerprint density at radius 3 is 2.81 bits per heavy atom. The lowest BCUT2D eigenvalue weighted by Gasteiger charge is -2.41. The minimum atomic E-state index is -0.960. The molecule has 1 saturated heterocycles. The molecule has 2 heterocycles. The quantitative estimate of drug-likeness (QED) is 0.733. The van der Waals surface area contributed by atoms with Gasteiger partial charge in [-0.05, 0) is 56.3 Å². The van der Waals surface area contributed by atoms with Crippen molar-refractivity contribution < 1.29 is 18.7 Å². The number of carbonyl (C=O) groups excluding carboxylic acids is 2. The van der Waals surface area contributed by atoms with Gasteiger partial charge in [-0.1, -0.05) is 22.7 Å². The van der Waals surface area contributed by atoms with Crippen molar-refractivity contribution in [2.75, 3.05) is 19.7 Å². The fourth-order valence-corrected chi connectivity index (χ4v) is 4.18. The second kappa shape index (κ2) is 8.12. The summed E-state index contributed by atoms with van der Waals surface area (Å²) in [5.41, 5.74) is 0.0694. The van der Waals surface area contributed by atoms with Gasteiger partial charge in [0.2, 0.25) is 0 Å². The zero-order valence-electron chi connectivity index (χ0n) is 15.4. The van der Waals surface area contributed by atoms with Crippen molar-refractivity contribution in [1.29, 1.82) is 0 Å². The van der Waals surface area contributed by atoms with Crippen LogP contribution in [-0.2, 0) is 16.0 Å². The van der Waals surface area contributed by atoms with Gasteiger partial charge in [0.15, 0.2) is 0 Å². The van der Waals surface area contributed by atoms with Crippen LogP contribution < -0.4 is 0 Å². The van der Waals surface area contributed by atoms with E-state index in [9.17, 15) is 14.0 Å². The number of halogens is 1. The first-order chi connectivity index (χ1) is 13.0. The molecule has 0 radical (unpaired) electrons. The van der Waals surface area contributed by atoms with Crippen molar-refractivity contribution in [1.82, 2.24) is 14.5 Å². The maximum absolute atomic E-state index is 14.2. The fourth-order valence-electron chi connectivity index (χ4n) is 3.55. The Balaban J connectivity index is 1.90. The number of likely N-dealkylation sites (tertiary alicyclic amines) is 1. The van der Waals surface area contributed by atoms with E-state index >= 15 is 0 Å². The number of aromatic nitrogens is 2. The highest BCUT2D eigenvalue weighted by Gasteiger charge is 2.45. The van der Waals surface area contributed by atoms with E-state index in [4.69, 9.17) is 4.74 Å². The summed E-state index contributed by atoms with van der Waals surface area (Å²) in [7, 11) is 0. The van der Waals surface area contributed by atoms with E-state index in [0.29, 0.717) is 35.5 Å². The average molecular weight is 391 g/mol. The monoisotopic (exact) mass is 391 g/mol. The molecule has 0 unspecified atom stereocenters. The number of aryl methyl sites for hydroxylation is 1. The molecule has 8 heteroatoms. The van der Waals surface area contributed by atoms with Crippen LogP contribution in [0.3, 0.4) is 0 Å². The number of esters is 1. The molecule has 1 aromatic carbocycles. The Bertz CT molecular complexity index is 841. The molecule has 1 atom stereocenters. The third-order valence-corrected chi connectivity index (χ3v) is 5.72. The van der Waals surface area contributed by atoms with Gasteiger partial charge in [0.25, 0.3) is 5.91 Å². The maximum atomic E-state index is 14.2. The molecule has 3 rings (SSSR count). The van der Waals surface area contributed by atoms with Gasteiger partial charge in [-0.15, -0.1) is 5.10 Å². The van der Waals surface area contributed by atoms with E-state index in [1.807, 2.05) is 0 Å². The molecule has 0 bridgehead atoms. The summed E-state index contributed by atoms with van der Waals surface area (Å²) < 4.78 is 23.4. The lowest BCUT2D eigenvalue weighted by atomic mass is 9.75. The van der Waals surface area contributed by atoms with Gasteiger partial charge in [0, 0.05) is 13.1 Å². The maximum Gasteiger partial charge on any atom is 0.314 e. The van der Waals surface area contributed by atoms with Crippen molar-refractivity contribution in [2.24, 2.45) is 5.41 Å². The number of piperidine rings is 1. The van der Waals surface area contributed by atoms with E-state index < -0.39 is 5.41 Å². The number of hydrogen-bond acceptors (Lipinski definition) is 6. The topological polar surface area (TPSA) is 72.4 Å². The van der Waals surface area contributed by atoms with E-state index in [2.05, 4.69) is 9.59 Å². The van der Waals surface area contributed by atoms with Crippen molar-refractivity contribution in [3.63, 3.8) is 0 Å². The van der Waals surface area contributed by atoms with Crippen LogP contribution in [0.5, 0.6) is 0 Å². The second-order valence-electron chi connectivity index (χ2n) is 6.79. The number of hydrogen-bond donors (Lipinski definition) is 0. The van der Waals surface area contributed by atoms with E-state index in [1.54, 1.807) is 36.9 Å². The zero-order valence-corrected chi connectivity index (χ0v) is 16.2. The molecule has 144 valence electrons. The van der Waals surface area contributed by atoms with Crippen molar-refractivity contribution in [3.8, 4) is 0 Å². The zero-order chi connectivity index (χ0) is 19.4. The fraction of sp³-hybridized carbons (Fsp3) is 0.474. The second-order valence-corrected chi connectivity index (χ2v) is 7.54. The summed E-state index contributed by atoms with van der Waals surface area (Å²) >= 11 is 1.05. The Labute approximate surface area is 161 Å². The standard InChI is InChI=1S/C19H22FN3O3S/c1-3-26-18(25)19(11-14-7-4-5-8-15(14)20)9-6-10-23(12-19)17(24)16-13(2)21-22-27-16/h4-5,7-8H,3,6,9-12H2,1-2H3/t19-/m0/s1. The highest BCUT2D eigenvalue weighted by Crippen LogP contribution is 2.36. The predicted octanol–water partition coefficient (Wildman–Crippen LogP) is 3.01. The molecular formula is C19H22FN3O3S. The van der Waals surface area contributed by atoms with Crippen molar-refractivity contribution >= 4 is 23.4 Å². The Morgan fingerprint density at radius 1 is 1.37 bits per heavy atom. The Kier molecular flexibility index (Phi) is 5.84. The van der Waals surface area contributed by atoms with Gasteiger partial charge in [-0.2, -0.15) is 0 Å². The Hall–Kier alpha value is -2.35. The first kappa shape index (κ1) is 19.4. The molecule has 6 nitrogen and oxygen atoms in total. The molecule has 1 aromatic heterocycles. The van der Waals surface area contributed by atoms with Gasteiger partial charge in [-0.3, -0.25) is 9.59 Å². The Morgan fingerprint density at radius 2 is 2.15 bits per heavy atom. The third-order valence-electron chi connectivity index (χ3n) is 4.91. The molecular weight excluding hydrogens is 369 g/mol. The smallest absolute Gasteiger partial charge is 0.314 e. The van der Waals surface area contributed by atoms with Gasteiger partial charge < -0.3 is 9.64 Å². The first-order valence-electron chi connectivity index (χ1n) is 8.96. The van der Waals surface area contributed by atoms with Crippen LogP contribution in [0.4, 0.5) is 4.39 Å². The van der Waals surface area contributed by atoms with E-state index in [-0.39, 0.29) is 37.3 Å². The van der Waals surface area contributed by atoms with Crippen LogP contribution in [0.2, 0.25) is 0 Å². The van der Waals surface area contributed by atoms with Gasteiger partial charge in [0.1, 0.15) is 10.7 Å². The van der Waals surface area contributed by atoms with Gasteiger partial charge in [-0.25, -0.2) is 4.39 Å². The van der Waals surface area contributed by atoms with Crippen molar-refractivity contribution in [2.45, 2.75) is 33.1 Å². The van der Waals surface area contributed by atoms with E-state index in [1.165, 1.54) is 6.07 Å². The molecule has 1 amide bonds. The van der Waals surface area contributed by atoms with Gasteiger partial charge >= 0.3 is 5.97 Å². The molecule has 0 saturated carbocycles. The average Bonchev–Trinajstić information content (AvgIpc) is 3.09. The molecule has 2 aromatic rings. The summed E-state index contributed by atoms with van der Waals surface area (Å²) in [5.74, 6) is -0.929. The van der Waals surface area contributed by atoms with Crippen LogP contribution in [0.1, 0.15) is 40.7 Å². The van der Waals surface area contributed by atoms with Crippen molar-refractivity contribution in [3.05, 3.63) is 46.2 Å². The summed E-state index contributed by atoms with van der Waals surface area (Å²) in [6.45, 7) is 4.44. The molecule has 27 heavy (non-hydrogen) atoms. The highest BCUT2D eigenvalue weighted by atomic mass is 32.1. The third kappa shape index (κ3) is 4.00. The summed E-state index contributed by atoms with van der Waals surface area (Å²) in [6, 6.07) is 6.42. The number of carbonyl (C=O) groups is 2. The normalized spacial score (nSPS) is 19.7. The molecule has 0 spiro atoms. The van der Waals surface area contributed by atoms with Gasteiger partial charge in [0.05, 0.1) is 17.7 Å². The number of benzene rings is 1. The predicted molar refractivity (Wildman–Crippen MR) is 99.0 cm³/mol. The molecule has 0 aliphatic carbocycles. The lowest BCUT2D eigenvalue weighted by molar-refractivity contribution is -0.158. The summed E-state index contributed by atoms with van der Waals surface area (Å²) in [5, 5.41) is 3.89. The van der Waals surface area contributed by atoms with Crippen LogP contribution in [0, 0.1) is 18.2 Å². The summed E-state index contributed by atoms with van der Waals surface area (Å²) in [4.78, 5) is 27.9. The number of amides is 1.